The van der Waals surface area contributed by atoms with Gasteiger partial charge in [-0.25, -0.2) is 0 Å². The lowest BCUT2D eigenvalue weighted by Crippen LogP contribution is -2.64. The third kappa shape index (κ3) is 4.15. The van der Waals surface area contributed by atoms with Gasteiger partial charge in [0.1, 0.15) is 45.0 Å². The molecule has 1 saturated heterocycles. The van der Waals surface area contributed by atoms with Gasteiger partial charge in [-0.15, -0.1) is 0 Å². The summed E-state index contributed by atoms with van der Waals surface area (Å²) in [5, 5.41) is 4.03. The zero-order valence-corrected chi connectivity index (χ0v) is 16.1. The third-order valence-electron chi connectivity index (χ3n) is 4.94. The molecule has 0 amide bonds. The minimum atomic E-state index is 0.132. The highest BCUT2D eigenvalue weighted by Crippen LogP contribution is 2.38. The molecule has 0 unspecified atom stereocenters. The summed E-state index contributed by atoms with van der Waals surface area (Å²) >= 11 is 0. The molecule has 0 atom stereocenters. The summed E-state index contributed by atoms with van der Waals surface area (Å²) in [6.45, 7) is 6.29. The topological polar surface area (TPSA) is 47.3 Å². The van der Waals surface area contributed by atoms with Crippen molar-refractivity contribution in [2.24, 2.45) is 0 Å². The normalized spacial score (nSPS) is 20.5. The molecular weight excluding hydrogens is 278 g/mol. The van der Waals surface area contributed by atoms with E-state index >= 15 is 0 Å². The van der Waals surface area contributed by atoms with Crippen molar-refractivity contribution in [2.75, 3.05) is 5.73 Å². The number of hydrogen-bond acceptors (Lipinski definition) is 3. The summed E-state index contributed by atoms with van der Waals surface area (Å²) in [5.41, 5.74) is 11.0. The van der Waals surface area contributed by atoms with Gasteiger partial charge in [0.15, 0.2) is 0 Å². The first-order valence-corrected chi connectivity index (χ1v) is 8.77. The Bertz CT molecular complexity index is 588. The lowest BCUT2D eigenvalue weighted by Gasteiger charge is -2.48. The average molecular weight is 307 g/mol. The third-order valence-corrected chi connectivity index (χ3v) is 4.94. The number of hydrogen-bond donors (Lipinski definition) is 2. The molecule has 3 nitrogen and oxygen atoms in total. The molecule has 0 aliphatic carbocycles. The summed E-state index contributed by atoms with van der Waals surface area (Å²) < 4.78 is 5.98. The van der Waals surface area contributed by atoms with E-state index in [4.69, 9.17) is 10.5 Å². The predicted octanol–water partition coefficient (Wildman–Crippen LogP) is -3.07. The highest BCUT2D eigenvalue weighted by atomic mass is 16.5. The van der Waals surface area contributed by atoms with Crippen LogP contribution in [0.3, 0.4) is 0 Å². The highest BCUT2D eigenvalue weighted by molar-refractivity contribution is 6.44. The minimum absolute atomic E-state index is 0.132. The van der Waals surface area contributed by atoms with E-state index in [2.05, 4.69) is 57.5 Å². The van der Waals surface area contributed by atoms with Gasteiger partial charge in [0.2, 0.25) is 0 Å². The molecule has 8 heteroatoms. The van der Waals surface area contributed by atoms with Crippen LogP contribution in [0.4, 0.5) is 5.69 Å². The maximum atomic E-state index is 6.30. The van der Waals surface area contributed by atoms with E-state index in [1.165, 1.54) is 11.1 Å². The van der Waals surface area contributed by atoms with Crippen LogP contribution in [-0.4, -0.2) is 56.0 Å². The second-order valence-electron chi connectivity index (χ2n) is 8.79. The molecule has 1 aliphatic rings. The van der Waals surface area contributed by atoms with Crippen molar-refractivity contribution in [2.45, 2.75) is 56.3 Å². The molecule has 1 fully saturated rings. The molecule has 0 aromatic heterocycles. The van der Waals surface area contributed by atoms with Crippen molar-refractivity contribution in [3.05, 3.63) is 17.2 Å². The Morgan fingerprint density at radius 2 is 1.74 bits per heavy atom. The SMILES string of the molecule is Bc1c(C)c(C2CC(B)(B)NC(B)(B)C2)cc(OC(C)C)c1N. The van der Waals surface area contributed by atoms with Crippen LogP contribution < -0.4 is 21.3 Å². The van der Waals surface area contributed by atoms with Crippen LogP contribution in [0, 0.1) is 6.92 Å². The van der Waals surface area contributed by atoms with Crippen molar-refractivity contribution in [1.29, 1.82) is 0 Å². The first kappa shape index (κ1) is 18.4. The van der Waals surface area contributed by atoms with Gasteiger partial charge in [-0.1, -0.05) is 11.0 Å². The van der Waals surface area contributed by atoms with E-state index in [1.807, 2.05) is 13.8 Å². The van der Waals surface area contributed by atoms with Gasteiger partial charge in [0.05, 0.1) is 11.8 Å². The number of rotatable bonds is 3. The molecule has 120 valence electrons. The van der Waals surface area contributed by atoms with Crippen LogP contribution in [0.2, 0.25) is 0 Å². The number of nitrogens with two attached hydrogens (primary N) is 1. The minimum Gasteiger partial charge on any atom is -0.489 e. The molecular formula is C15H29B5N2O. The molecule has 3 N–H and O–H groups in total. The van der Waals surface area contributed by atoms with E-state index < -0.39 is 0 Å². The summed E-state index contributed by atoms with van der Waals surface area (Å²) in [6.07, 6.45) is 2.39. The van der Waals surface area contributed by atoms with Crippen LogP contribution >= 0.6 is 0 Å². The van der Waals surface area contributed by atoms with Gasteiger partial charge < -0.3 is 15.8 Å². The zero-order valence-electron chi connectivity index (χ0n) is 16.1. The number of nitrogen functional groups attached to an aromatic ring is 1. The van der Waals surface area contributed by atoms with Crippen molar-refractivity contribution in [3.63, 3.8) is 0 Å². The van der Waals surface area contributed by atoms with Crippen LogP contribution in [-0.2, 0) is 0 Å². The fourth-order valence-electron chi connectivity index (χ4n) is 4.25. The van der Waals surface area contributed by atoms with Crippen molar-refractivity contribution < 1.29 is 4.74 Å². The molecule has 1 aromatic carbocycles. The Morgan fingerprint density at radius 3 is 2.22 bits per heavy atom. The lowest BCUT2D eigenvalue weighted by molar-refractivity contribution is 0.243. The second-order valence-corrected chi connectivity index (χ2v) is 8.79. The number of piperidine rings is 1. The molecule has 0 radical (unpaired) electrons. The molecule has 1 aromatic rings. The van der Waals surface area contributed by atoms with E-state index in [1.54, 1.807) is 0 Å². The van der Waals surface area contributed by atoms with Crippen LogP contribution in [0.5, 0.6) is 5.75 Å². The van der Waals surface area contributed by atoms with E-state index in [-0.39, 0.29) is 16.8 Å². The second kappa shape index (κ2) is 6.20. The quantitative estimate of drug-likeness (QED) is 0.460. The fraction of sp³-hybridized carbons (Fsp3) is 0.600. The first-order chi connectivity index (χ1) is 10.4. The number of benzene rings is 1. The number of ether oxygens (including phenoxy) is 1. The van der Waals surface area contributed by atoms with Crippen LogP contribution in [0.1, 0.15) is 43.7 Å². The van der Waals surface area contributed by atoms with Crippen LogP contribution in [0.15, 0.2) is 6.07 Å². The summed E-state index contributed by atoms with van der Waals surface area (Å²) in [6, 6.07) is 2.19. The molecule has 23 heavy (non-hydrogen) atoms. The van der Waals surface area contributed by atoms with Gasteiger partial charge in [-0.2, -0.15) is 0 Å². The number of anilines is 1. The Hall–Kier alpha value is -0.895. The molecule has 0 saturated carbocycles. The van der Waals surface area contributed by atoms with E-state index in [0.29, 0.717) is 5.92 Å². The van der Waals surface area contributed by atoms with Gasteiger partial charge in [-0.05, 0) is 61.8 Å². The Kier molecular flexibility index (Phi) is 4.97. The zero-order chi connectivity index (χ0) is 17.6. The van der Waals surface area contributed by atoms with Crippen molar-refractivity contribution >= 4 is 50.4 Å². The highest BCUT2D eigenvalue weighted by Gasteiger charge is 2.38. The maximum absolute atomic E-state index is 6.30. The summed E-state index contributed by atoms with van der Waals surface area (Å²) in [5.74, 6) is 1.36. The monoisotopic (exact) mass is 308 g/mol. The number of nitrogens with one attached hydrogen (secondary N) is 1. The fourth-order valence-corrected chi connectivity index (χ4v) is 4.25. The molecule has 1 aliphatic heterocycles. The largest absolute Gasteiger partial charge is 0.489 e. The lowest BCUT2D eigenvalue weighted by atomic mass is 9.46. The van der Waals surface area contributed by atoms with Crippen molar-refractivity contribution in [1.82, 2.24) is 5.32 Å². The first-order valence-electron chi connectivity index (χ1n) is 8.77. The smallest absolute Gasteiger partial charge is 0.142 e. The predicted molar refractivity (Wildman–Crippen MR) is 114 cm³/mol. The summed E-state index contributed by atoms with van der Waals surface area (Å²) in [7, 11) is 11.3. The Labute approximate surface area is 145 Å². The van der Waals surface area contributed by atoms with Gasteiger partial charge in [0, 0.05) is 0 Å². The van der Waals surface area contributed by atoms with Gasteiger partial charge in [-0.3, -0.25) is 0 Å². The molecule has 1 heterocycles. The van der Waals surface area contributed by atoms with Crippen LogP contribution in [0.25, 0.3) is 0 Å². The Morgan fingerprint density at radius 1 is 1.22 bits per heavy atom. The van der Waals surface area contributed by atoms with Gasteiger partial charge in [0.25, 0.3) is 0 Å². The van der Waals surface area contributed by atoms with E-state index in [9.17, 15) is 0 Å². The maximum Gasteiger partial charge on any atom is 0.142 e. The van der Waals surface area contributed by atoms with E-state index in [0.717, 1.165) is 29.7 Å². The van der Waals surface area contributed by atoms with Crippen molar-refractivity contribution in [3.8, 4) is 5.75 Å². The summed E-state index contributed by atoms with van der Waals surface area (Å²) in [4.78, 5) is 0. The molecule has 0 spiro atoms. The standard InChI is InChI=1S/C15H29B5N2O/c1-7(2)23-11-4-10(8(3)12(16)13(11)21)9-5-14(17,18)22-15(19,20)6-9/h4,7,9,22H,5-6,16-21H2,1-3H3. The molecule has 2 rings (SSSR count). The average Bonchev–Trinajstić information content (AvgIpc) is 2.35. The van der Waals surface area contributed by atoms with Gasteiger partial charge >= 0.3 is 0 Å². The molecule has 0 bridgehead atoms. The Balaban J connectivity index is 2.48.